The molecule has 1 saturated carbocycles. The van der Waals surface area contributed by atoms with Crippen molar-refractivity contribution in [2.45, 2.75) is 25.1 Å². The van der Waals surface area contributed by atoms with Crippen LogP contribution in [0.5, 0.6) is 0 Å². The summed E-state index contributed by atoms with van der Waals surface area (Å²) in [5, 5.41) is 8.60. The molecule has 0 amide bonds. The lowest BCUT2D eigenvalue weighted by Gasteiger charge is -2.13. The van der Waals surface area contributed by atoms with Gasteiger partial charge in [-0.15, -0.1) is 0 Å². The van der Waals surface area contributed by atoms with Gasteiger partial charge in [0, 0.05) is 0 Å². The molecule has 2 N–H and O–H groups in total. The third-order valence-electron chi connectivity index (χ3n) is 1.98. The second kappa shape index (κ2) is 4.57. The Morgan fingerprint density at radius 2 is 2.00 bits per heavy atom. The number of rotatable bonds is 5. The first-order valence-electron chi connectivity index (χ1n) is 4.47. The lowest BCUT2D eigenvalue weighted by molar-refractivity contribution is -0.121. The van der Waals surface area contributed by atoms with E-state index in [1.165, 1.54) is 4.72 Å². The normalized spacial score (nSPS) is 19.1. The molecule has 0 radical (unpaired) electrons. The van der Waals surface area contributed by atoms with Crippen LogP contribution in [0, 0.1) is 17.2 Å². The van der Waals surface area contributed by atoms with Crippen molar-refractivity contribution in [2.75, 3.05) is 6.54 Å². The molecular weight excluding hydrogens is 247 g/mol. The van der Waals surface area contributed by atoms with Gasteiger partial charge < -0.3 is 0 Å². The van der Waals surface area contributed by atoms with E-state index in [1.54, 1.807) is 6.07 Å². The molecular formula is C7H10F3N3O2S. The van der Waals surface area contributed by atoms with Crippen LogP contribution in [0.25, 0.3) is 0 Å². The van der Waals surface area contributed by atoms with E-state index in [9.17, 15) is 21.6 Å². The fraction of sp³-hybridized carbons (Fsp3) is 0.857. The molecule has 92 valence electrons. The van der Waals surface area contributed by atoms with Gasteiger partial charge in [-0.1, -0.05) is 0 Å². The zero-order valence-electron chi connectivity index (χ0n) is 8.08. The summed E-state index contributed by atoms with van der Waals surface area (Å²) in [4.78, 5) is 0. The average Bonchev–Trinajstić information content (AvgIpc) is 2.93. The maximum Gasteiger partial charge on any atom is 0.402 e. The number of nitriles is 1. The van der Waals surface area contributed by atoms with Crippen molar-refractivity contribution in [1.29, 1.82) is 5.26 Å². The molecule has 0 saturated heterocycles. The van der Waals surface area contributed by atoms with Crippen molar-refractivity contribution < 1.29 is 21.6 Å². The highest BCUT2D eigenvalue weighted by Crippen LogP contribution is 2.32. The molecule has 0 aliphatic heterocycles. The van der Waals surface area contributed by atoms with Gasteiger partial charge in [-0.3, -0.25) is 0 Å². The Hall–Kier alpha value is -0.850. The highest BCUT2D eigenvalue weighted by Gasteiger charge is 2.35. The number of nitrogens with one attached hydrogen (secondary N) is 2. The molecule has 0 aromatic heterocycles. The Labute approximate surface area is 90.8 Å². The topological polar surface area (TPSA) is 82.0 Å². The van der Waals surface area contributed by atoms with Crippen molar-refractivity contribution >= 4 is 10.2 Å². The van der Waals surface area contributed by atoms with Gasteiger partial charge in [0.15, 0.2) is 0 Å². The van der Waals surface area contributed by atoms with Crippen molar-refractivity contribution in [3.63, 3.8) is 0 Å². The smallest absolute Gasteiger partial charge is 0.197 e. The van der Waals surface area contributed by atoms with E-state index in [0.29, 0.717) is 12.8 Å². The number of alkyl halides is 3. The Kier molecular flexibility index (Phi) is 3.77. The summed E-state index contributed by atoms with van der Waals surface area (Å²) in [6.45, 7) is -1.65. The molecule has 9 heteroatoms. The molecule has 0 heterocycles. The van der Waals surface area contributed by atoms with Crippen LogP contribution < -0.4 is 9.44 Å². The van der Waals surface area contributed by atoms with Crippen molar-refractivity contribution in [1.82, 2.24) is 9.44 Å². The van der Waals surface area contributed by atoms with Gasteiger partial charge >= 0.3 is 6.18 Å². The van der Waals surface area contributed by atoms with E-state index in [-0.39, 0.29) is 5.92 Å². The Morgan fingerprint density at radius 1 is 1.44 bits per heavy atom. The average molecular weight is 257 g/mol. The Balaban J connectivity index is 2.48. The summed E-state index contributed by atoms with van der Waals surface area (Å²) in [6, 6.07) is 0.753. The van der Waals surface area contributed by atoms with E-state index >= 15 is 0 Å². The molecule has 1 unspecified atom stereocenters. The highest BCUT2D eigenvalue weighted by molar-refractivity contribution is 7.87. The van der Waals surface area contributed by atoms with Crippen molar-refractivity contribution in [3.8, 4) is 6.07 Å². The first-order valence-corrected chi connectivity index (χ1v) is 5.95. The quantitative estimate of drug-likeness (QED) is 0.742. The molecule has 1 rings (SSSR count). The van der Waals surface area contributed by atoms with Crippen molar-refractivity contribution in [2.24, 2.45) is 5.92 Å². The summed E-state index contributed by atoms with van der Waals surface area (Å²) in [5.74, 6) is -0.0903. The van der Waals surface area contributed by atoms with Gasteiger partial charge in [0.2, 0.25) is 0 Å². The van der Waals surface area contributed by atoms with Gasteiger partial charge in [0.25, 0.3) is 10.2 Å². The van der Waals surface area contributed by atoms with Crippen LogP contribution in [-0.2, 0) is 10.2 Å². The predicted molar refractivity (Wildman–Crippen MR) is 48.2 cm³/mol. The molecule has 1 aliphatic carbocycles. The van der Waals surface area contributed by atoms with E-state index in [0.717, 1.165) is 0 Å². The summed E-state index contributed by atoms with van der Waals surface area (Å²) < 4.78 is 60.7. The maximum atomic E-state index is 11.8. The highest BCUT2D eigenvalue weighted by atomic mass is 32.2. The minimum absolute atomic E-state index is 0.0903. The number of nitrogens with zero attached hydrogens (tertiary/aromatic N) is 1. The fourth-order valence-corrected chi connectivity index (χ4v) is 2.06. The third kappa shape index (κ3) is 4.78. The largest absolute Gasteiger partial charge is 0.402 e. The van der Waals surface area contributed by atoms with Crippen LogP contribution in [0.15, 0.2) is 0 Å². The van der Waals surface area contributed by atoms with Crippen LogP contribution >= 0.6 is 0 Å². The fourth-order valence-electron chi connectivity index (χ4n) is 1.04. The maximum absolute atomic E-state index is 11.8. The molecule has 1 aliphatic rings. The van der Waals surface area contributed by atoms with Crippen molar-refractivity contribution in [3.05, 3.63) is 0 Å². The minimum atomic E-state index is -4.61. The third-order valence-corrected chi connectivity index (χ3v) is 3.07. The Bertz CT molecular complexity index is 383. The van der Waals surface area contributed by atoms with Crippen LogP contribution in [-0.4, -0.2) is 27.2 Å². The van der Waals surface area contributed by atoms with Gasteiger partial charge in [0.1, 0.15) is 12.6 Å². The molecule has 1 fully saturated rings. The monoisotopic (exact) mass is 257 g/mol. The molecule has 1 atom stereocenters. The first kappa shape index (κ1) is 13.2. The van der Waals surface area contributed by atoms with Crippen LogP contribution in [0.2, 0.25) is 0 Å². The predicted octanol–water partition coefficient (Wildman–Crippen LogP) is 0.275. The minimum Gasteiger partial charge on any atom is -0.197 e. The van der Waals surface area contributed by atoms with Gasteiger partial charge in [-0.25, -0.2) is 0 Å². The van der Waals surface area contributed by atoms with Crippen LogP contribution in [0.1, 0.15) is 12.8 Å². The number of hydrogen-bond acceptors (Lipinski definition) is 3. The van der Waals surface area contributed by atoms with E-state index in [2.05, 4.69) is 0 Å². The lowest BCUT2D eigenvalue weighted by Crippen LogP contribution is -2.46. The molecule has 0 spiro atoms. The molecule has 5 nitrogen and oxygen atoms in total. The zero-order chi connectivity index (χ0) is 12.4. The summed E-state index contributed by atoms with van der Waals surface area (Å²) >= 11 is 0. The van der Waals surface area contributed by atoms with E-state index in [1.807, 2.05) is 4.72 Å². The van der Waals surface area contributed by atoms with Gasteiger partial charge in [-0.05, 0) is 18.8 Å². The second-order valence-corrected chi connectivity index (χ2v) is 5.03. The number of halogens is 3. The van der Waals surface area contributed by atoms with Gasteiger partial charge in [0.05, 0.1) is 6.07 Å². The molecule has 0 aromatic rings. The van der Waals surface area contributed by atoms with Gasteiger partial charge in [-0.2, -0.15) is 36.3 Å². The first-order chi connectivity index (χ1) is 7.23. The van der Waals surface area contributed by atoms with E-state index < -0.39 is 29.0 Å². The summed E-state index contributed by atoms with van der Waals surface area (Å²) in [7, 11) is -4.27. The lowest BCUT2D eigenvalue weighted by atomic mass is 10.2. The summed E-state index contributed by atoms with van der Waals surface area (Å²) in [6.07, 6.45) is -3.20. The second-order valence-electron chi connectivity index (χ2n) is 3.50. The molecule has 0 bridgehead atoms. The van der Waals surface area contributed by atoms with Crippen LogP contribution in [0.4, 0.5) is 13.2 Å². The summed E-state index contributed by atoms with van der Waals surface area (Å²) in [5.41, 5.74) is 0. The Morgan fingerprint density at radius 3 is 2.38 bits per heavy atom. The standard InChI is InChI=1S/C7H10F3N3O2S/c8-7(9,10)4-12-16(14,15)13-6(3-11)5-1-2-5/h5-6,12-13H,1-2,4H2. The number of hydrogen-bond donors (Lipinski definition) is 2. The molecule has 16 heavy (non-hydrogen) atoms. The van der Waals surface area contributed by atoms with E-state index in [4.69, 9.17) is 5.26 Å². The zero-order valence-corrected chi connectivity index (χ0v) is 8.90. The van der Waals surface area contributed by atoms with Crippen LogP contribution in [0.3, 0.4) is 0 Å². The SMILES string of the molecule is N#CC(NS(=O)(=O)NCC(F)(F)F)C1CC1. The molecule has 0 aromatic carbocycles.